The van der Waals surface area contributed by atoms with Crippen molar-refractivity contribution in [3.8, 4) is 0 Å². The molecule has 1 aliphatic rings. The molecule has 7 heteroatoms. The first-order chi connectivity index (χ1) is 12.0. The summed E-state index contributed by atoms with van der Waals surface area (Å²) in [6.07, 6.45) is 3.00. The number of carbonyl (C=O) groups is 2. The number of benzene rings is 1. The Kier molecular flexibility index (Phi) is 5.40. The number of hydrogen-bond donors (Lipinski definition) is 3. The Hall–Kier alpha value is -2.31. The first-order valence-corrected chi connectivity index (χ1v) is 8.59. The van der Waals surface area contributed by atoms with E-state index >= 15 is 0 Å². The molecule has 2 aromatic rings. The Morgan fingerprint density at radius 3 is 2.80 bits per heavy atom. The number of anilines is 2. The zero-order valence-corrected chi connectivity index (χ0v) is 14.6. The van der Waals surface area contributed by atoms with Gasteiger partial charge in [0.15, 0.2) is 5.76 Å². The number of hydrogen-bond acceptors (Lipinski definition) is 4. The number of nitrogens with one attached hydrogen (secondary N) is 3. The molecular weight excluding hydrogens is 342 g/mol. The monoisotopic (exact) mass is 361 g/mol. The molecule has 25 heavy (non-hydrogen) atoms. The molecule has 2 heterocycles. The van der Waals surface area contributed by atoms with Gasteiger partial charge in [0.1, 0.15) is 0 Å². The van der Waals surface area contributed by atoms with Gasteiger partial charge in [0.05, 0.1) is 17.6 Å². The second-order valence-electron chi connectivity index (χ2n) is 6.19. The molecule has 0 bridgehead atoms. The van der Waals surface area contributed by atoms with Crippen molar-refractivity contribution in [3.05, 3.63) is 47.4 Å². The lowest BCUT2D eigenvalue weighted by atomic mass is 9.92. The summed E-state index contributed by atoms with van der Waals surface area (Å²) in [5, 5.41) is 9.42. The van der Waals surface area contributed by atoms with Crippen molar-refractivity contribution in [1.29, 1.82) is 0 Å². The molecule has 132 valence electrons. The zero-order valence-electron chi connectivity index (χ0n) is 13.8. The van der Waals surface area contributed by atoms with Gasteiger partial charge in [-0.1, -0.05) is 11.6 Å². The molecule has 1 aromatic heterocycles. The Labute approximate surface area is 150 Å². The van der Waals surface area contributed by atoms with Crippen LogP contribution in [0.4, 0.5) is 11.4 Å². The van der Waals surface area contributed by atoms with Crippen LogP contribution in [0, 0.1) is 5.92 Å². The van der Waals surface area contributed by atoms with Crippen LogP contribution in [-0.4, -0.2) is 24.4 Å². The predicted molar refractivity (Wildman–Crippen MR) is 96.9 cm³/mol. The Morgan fingerprint density at radius 2 is 2.08 bits per heavy atom. The maximum Gasteiger partial charge on any atom is 0.291 e. The minimum absolute atomic E-state index is 0.0517. The summed E-state index contributed by atoms with van der Waals surface area (Å²) in [6.45, 7) is 2.89. The molecule has 3 rings (SSSR count). The van der Waals surface area contributed by atoms with Gasteiger partial charge in [-0.15, -0.1) is 0 Å². The van der Waals surface area contributed by atoms with Crippen molar-refractivity contribution in [2.24, 2.45) is 5.92 Å². The van der Waals surface area contributed by atoms with Crippen molar-refractivity contribution in [2.45, 2.75) is 25.8 Å². The first-order valence-electron chi connectivity index (χ1n) is 8.21. The second-order valence-corrected chi connectivity index (χ2v) is 6.62. The van der Waals surface area contributed by atoms with E-state index in [1.807, 2.05) is 0 Å². The highest BCUT2D eigenvalue weighted by Gasteiger charge is 2.25. The SMILES string of the molecule is C[C@H]1C[C@@H](C(=O)Nc2ccc(Cl)cc2NC(=O)c2ccco2)CCN1. The fourth-order valence-electron chi connectivity index (χ4n) is 2.93. The normalized spacial score (nSPS) is 20.1. The standard InChI is InChI=1S/C18H20ClN3O3/c1-11-9-12(6-7-20-11)17(23)21-14-5-4-13(19)10-15(14)22-18(24)16-3-2-8-25-16/h2-5,8,10-12,20H,6-7,9H2,1H3,(H,21,23)(H,22,24)/t11-,12-/m0/s1. The molecule has 1 fully saturated rings. The highest BCUT2D eigenvalue weighted by atomic mass is 35.5. The highest BCUT2D eigenvalue weighted by molar-refractivity contribution is 6.31. The van der Waals surface area contributed by atoms with Gasteiger partial charge in [-0.2, -0.15) is 0 Å². The number of halogens is 1. The van der Waals surface area contributed by atoms with Crippen molar-refractivity contribution in [2.75, 3.05) is 17.2 Å². The molecular formula is C18H20ClN3O3. The van der Waals surface area contributed by atoms with Crippen LogP contribution in [0.15, 0.2) is 41.0 Å². The van der Waals surface area contributed by atoms with Crippen LogP contribution in [0.1, 0.15) is 30.3 Å². The van der Waals surface area contributed by atoms with E-state index in [0.717, 1.165) is 19.4 Å². The minimum Gasteiger partial charge on any atom is -0.459 e. The molecule has 2 amide bonds. The minimum atomic E-state index is -0.404. The van der Waals surface area contributed by atoms with Gasteiger partial charge >= 0.3 is 0 Å². The third-order valence-corrected chi connectivity index (χ3v) is 4.46. The molecule has 0 aliphatic carbocycles. The molecule has 6 nitrogen and oxygen atoms in total. The van der Waals surface area contributed by atoms with Gasteiger partial charge in [0, 0.05) is 17.0 Å². The summed E-state index contributed by atoms with van der Waals surface area (Å²) in [5.74, 6) is -0.326. The number of amides is 2. The van der Waals surface area contributed by atoms with Crippen LogP contribution in [-0.2, 0) is 4.79 Å². The molecule has 0 radical (unpaired) electrons. The average Bonchev–Trinajstić information content (AvgIpc) is 3.12. The topological polar surface area (TPSA) is 83.4 Å². The Balaban J connectivity index is 1.74. The average molecular weight is 362 g/mol. The maximum atomic E-state index is 12.6. The smallest absolute Gasteiger partial charge is 0.291 e. The number of rotatable bonds is 4. The van der Waals surface area contributed by atoms with Gasteiger partial charge in [-0.25, -0.2) is 0 Å². The Bertz CT molecular complexity index is 761. The van der Waals surface area contributed by atoms with Gasteiger partial charge < -0.3 is 20.4 Å². The molecule has 3 N–H and O–H groups in total. The Morgan fingerprint density at radius 1 is 1.24 bits per heavy atom. The fourth-order valence-corrected chi connectivity index (χ4v) is 3.10. The van der Waals surface area contributed by atoms with Crippen LogP contribution in [0.3, 0.4) is 0 Å². The number of furan rings is 1. The molecule has 1 aliphatic heterocycles. The molecule has 0 unspecified atom stereocenters. The zero-order chi connectivity index (χ0) is 17.8. The molecule has 0 spiro atoms. The van der Waals surface area contributed by atoms with E-state index in [2.05, 4.69) is 22.9 Å². The summed E-state index contributed by atoms with van der Waals surface area (Å²) >= 11 is 6.03. The summed E-state index contributed by atoms with van der Waals surface area (Å²) in [7, 11) is 0. The third-order valence-electron chi connectivity index (χ3n) is 4.23. The lowest BCUT2D eigenvalue weighted by Gasteiger charge is -2.27. The maximum absolute atomic E-state index is 12.6. The quantitative estimate of drug-likeness (QED) is 0.778. The van der Waals surface area contributed by atoms with E-state index in [-0.39, 0.29) is 17.6 Å². The van der Waals surface area contributed by atoms with Gasteiger partial charge in [0.2, 0.25) is 5.91 Å². The van der Waals surface area contributed by atoms with Crippen LogP contribution in [0.5, 0.6) is 0 Å². The van der Waals surface area contributed by atoms with Gasteiger partial charge in [0.25, 0.3) is 5.91 Å². The van der Waals surface area contributed by atoms with E-state index in [0.29, 0.717) is 22.4 Å². The summed E-state index contributed by atoms with van der Waals surface area (Å²) in [6, 6.07) is 8.46. The highest BCUT2D eigenvalue weighted by Crippen LogP contribution is 2.28. The summed E-state index contributed by atoms with van der Waals surface area (Å²) in [4.78, 5) is 24.8. The van der Waals surface area contributed by atoms with Crippen LogP contribution in [0.25, 0.3) is 0 Å². The van der Waals surface area contributed by atoms with Crippen molar-refractivity contribution < 1.29 is 14.0 Å². The summed E-state index contributed by atoms with van der Waals surface area (Å²) in [5.41, 5.74) is 0.949. The van der Waals surface area contributed by atoms with Crippen molar-refractivity contribution in [1.82, 2.24) is 5.32 Å². The second kappa shape index (κ2) is 7.72. The predicted octanol–water partition coefficient (Wildman–Crippen LogP) is 3.51. The molecule has 1 aromatic carbocycles. The number of piperidine rings is 1. The van der Waals surface area contributed by atoms with E-state index < -0.39 is 5.91 Å². The molecule has 2 atom stereocenters. The van der Waals surface area contributed by atoms with E-state index in [1.54, 1.807) is 30.3 Å². The van der Waals surface area contributed by atoms with Crippen LogP contribution < -0.4 is 16.0 Å². The van der Waals surface area contributed by atoms with E-state index in [4.69, 9.17) is 16.0 Å². The van der Waals surface area contributed by atoms with Gasteiger partial charge in [-0.05, 0) is 56.6 Å². The van der Waals surface area contributed by atoms with E-state index in [1.165, 1.54) is 6.26 Å². The van der Waals surface area contributed by atoms with Crippen LogP contribution in [0.2, 0.25) is 5.02 Å². The first kappa shape index (κ1) is 17.5. The van der Waals surface area contributed by atoms with E-state index in [9.17, 15) is 9.59 Å². The van der Waals surface area contributed by atoms with Crippen LogP contribution >= 0.6 is 11.6 Å². The molecule has 1 saturated heterocycles. The molecule has 0 saturated carbocycles. The third kappa shape index (κ3) is 4.41. The summed E-state index contributed by atoms with van der Waals surface area (Å²) < 4.78 is 5.09. The number of carbonyl (C=O) groups excluding carboxylic acids is 2. The largest absolute Gasteiger partial charge is 0.459 e. The fraction of sp³-hybridized carbons (Fsp3) is 0.333. The lowest BCUT2D eigenvalue weighted by Crippen LogP contribution is -2.40. The van der Waals surface area contributed by atoms with Crippen molar-refractivity contribution >= 4 is 34.8 Å². The van der Waals surface area contributed by atoms with Gasteiger partial charge in [-0.3, -0.25) is 9.59 Å². The van der Waals surface area contributed by atoms with Crippen molar-refractivity contribution in [3.63, 3.8) is 0 Å². The lowest BCUT2D eigenvalue weighted by molar-refractivity contribution is -0.120.